The van der Waals surface area contributed by atoms with E-state index >= 15 is 0 Å². The fraction of sp³-hybridized carbons (Fsp3) is 0.941. The Balaban J connectivity index is 1.73. The van der Waals surface area contributed by atoms with Gasteiger partial charge in [-0.2, -0.15) is 0 Å². The van der Waals surface area contributed by atoms with Crippen molar-refractivity contribution in [3.05, 3.63) is 0 Å². The van der Waals surface area contributed by atoms with Crippen molar-refractivity contribution in [2.75, 3.05) is 0 Å². The molecule has 0 radical (unpaired) electrons. The molecule has 3 atom stereocenters. The second-order valence-electron chi connectivity index (χ2n) is 7.62. The van der Waals surface area contributed by atoms with E-state index in [2.05, 4.69) is 18.7 Å². The third-order valence-corrected chi connectivity index (χ3v) is 6.22. The van der Waals surface area contributed by atoms with Gasteiger partial charge in [0.15, 0.2) is 0 Å². The van der Waals surface area contributed by atoms with Crippen LogP contribution in [0.2, 0.25) is 0 Å². The van der Waals surface area contributed by atoms with Crippen LogP contribution in [0.25, 0.3) is 0 Å². The lowest BCUT2D eigenvalue weighted by Crippen LogP contribution is -2.62. The Labute approximate surface area is 122 Å². The number of likely N-dealkylation sites (tertiary alicyclic amines) is 1. The highest BCUT2D eigenvalue weighted by Gasteiger charge is 2.47. The van der Waals surface area contributed by atoms with E-state index in [-0.39, 0.29) is 6.04 Å². The van der Waals surface area contributed by atoms with E-state index in [1.165, 1.54) is 38.5 Å². The Bertz CT molecular complexity index is 362. The van der Waals surface area contributed by atoms with Crippen molar-refractivity contribution in [1.29, 1.82) is 0 Å². The minimum Gasteiger partial charge on any atom is -0.480 e. The van der Waals surface area contributed by atoms with E-state index in [0.29, 0.717) is 12.1 Å². The van der Waals surface area contributed by atoms with Gasteiger partial charge in [0.05, 0.1) is 0 Å². The molecule has 1 aliphatic heterocycles. The maximum atomic E-state index is 11.7. The standard InChI is InChI=1S/C17H29NO2/c1-11(2)13-9-14(10-13)18-15-6-4-3-5-12(15)7-8-16(18)17(19)20/h11-16H,3-10H2,1-2H3,(H,19,20). The van der Waals surface area contributed by atoms with Crippen LogP contribution in [0.4, 0.5) is 0 Å². The summed E-state index contributed by atoms with van der Waals surface area (Å²) in [7, 11) is 0. The van der Waals surface area contributed by atoms with Gasteiger partial charge < -0.3 is 5.11 Å². The summed E-state index contributed by atoms with van der Waals surface area (Å²) in [5.41, 5.74) is 0. The second-order valence-corrected chi connectivity index (χ2v) is 7.62. The van der Waals surface area contributed by atoms with Crippen LogP contribution in [-0.4, -0.2) is 34.1 Å². The predicted molar refractivity (Wildman–Crippen MR) is 79.6 cm³/mol. The fourth-order valence-electron chi connectivity index (χ4n) is 4.86. The SMILES string of the molecule is CC(C)C1CC(N2C(C(=O)O)CCC3CCCCC32)C1. The van der Waals surface area contributed by atoms with Gasteiger partial charge in [0.25, 0.3) is 0 Å². The Morgan fingerprint density at radius 2 is 1.80 bits per heavy atom. The molecule has 0 bridgehead atoms. The Morgan fingerprint density at radius 3 is 2.45 bits per heavy atom. The number of nitrogens with zero attached hydrogens (tertiary/aromatic N) is 1. The van der Waals surface area contributed by atoms with Crippen LogP contribution in [0.5, 0.6) is 0 Å². The summed E-state index contributed by atoms with van der Waals surface area (Å²) in [4.78, 5) is 14.1. The number of fused-ring (bicyclic) bond motifs is 1. The lowest BCUT2D eigenvalue weighted by atomic mass is 9.69. The van der Waals surface area contributed by atoms with Crippen LogP contribution in [0.3, 0.4) is 0 Å². The molecule has 3 heteroatoms. The average Bonchev–Trinajstić information content (AvgIpc) is 2.36. The van der Waals surface area contributed by atoms with Crippen LogP contribution in [0, 0.1) is 17.8 Å². The van der Waals surface area contributed by atoms with Gasteiger partial charge >= 0.3 is 5.97 Å². The van der Waals surface area contributed by atoms with Crippen molar-refractivity contribution >= 4 is 5.97 Å². The highest BCUT2D eigenvalue weighted by atomic mass is 16.4. The number of hydrogen-bond donors (Lipinski definition) is 1. The first-order valence-corrected chi connectivity index (χ1v) is 8.58. The number of aliphatic carboxylic acids is 1. The van der Waals surface area contributed by atoms with Gasteiger partial charge in [-0.1, -0.05) is 26.7 Å². The summed E-state index contributed by atoms with van der Waals surface area (Å²) >= 11 is 0. The van der Waals surface area contributed by atoms with Crippen LogP contribution in [0.15, 0.2) is 0 Å². The highest BCUT2D eigenvalue weighted by molar-refractivity contribution is 5.73. The smallest absolute Gasteiger partial charge is 0.320 e. The van der Waals surface area contributed by atoms with Crippen LogP contribution < -0.4 is 0 Å². The zero-order valence-electron chi connectivity index (χ0n) is 12.9. The third kappa shape index (κ3) is 2.49. The van der Waals surface area contributed by atoms with Crippen molar-refractivity contribution < 1.29 is 9.90 Å². The van der Waals surface area contributed by atoms with Gasteiger partial charge in [-0.3, -0.25) is 9.69 Å². The molecule has 2 aliphatic carbocycles. The first kappa shape index (κ1) is 14.4. The molecule has 0 aromatic rings. The van der Waals surface area contributed by atoms with Crippen LogP contribution in [-0.2, 0) is 4.79 Å². The minimum atomic E-state index is -0.581. The normalized spacial score (nSPS) is 42.0. The van der Waals surface area contributed by atoms with E-state index in [0.717, 1.165) is 30.6 Å². The molecule has 2 saturated carbocycles. The molecule has 3 fully saturated rings. The van der Waals surface area contributed by atoms with Crippen LogP contribution in [0.1, 0.15) is 65.2 Å². The van der Waals surface area contributed by atoms with Crippen molar-refractivity contribution in [2.45, 2.75) is 83.3 Å². The summed E-state index contributed by atoms with van der Waals surface area (Å²) < 4.78 is 0. The maximum absolute atomic E-state index is 11.7. The summed E-state index contributed by atoms with van der Waals surface area (Å²) in [6, 6.07) is 0.915. The predicted octanol–water partition coefficient (Wildman–Crippen LogP) is 3.53. The molecular weight excluding hydrogens is 250 g/mol. The highest BCUT2D eigenvalue weighted by Crippen LogP contribution is 2.45. The van der Waals surface area contributed by atoms with E-state index in [9.17, 15) is 9.90 Å². The summed E-state index contributed by atoms with van der Waals surface area (Å²) in [6.45, 7) is 4.60. The first-order valence-electron chi connectivity index (χ1n) is 8.58. The van der Waals surface area contributed by atoms with Crippen molar-refractivity contribution in [3.63, 3.8) is 0 Å². The summed E-state index contributed by atoms with van der Waals surface area (Å²) in [5.74, 6) is 1.76. The maximum Gasteiger partial charge on any atom is 0.320 e. The molecule has 114 valence electrons. The van der Waals surface area contributed by atoms with Gasteiger partial charge in [0.1, 0.15) is 6.04 Å². The summed E-state index contributed by atoms with van der Waals surface area (Å²) in [5, 5.41) is 9.60. The molecule has 1 N–H and O–H groups in total. The van der Waals surface area contributed by atoms with Crippen molar-refractivity contribution in [3.8, 4) is 0 Å². The molecule has 0 aromatic carbocycles. The average molecular weight is 279 g/mol. The number of carboxylic acid groups (broad SMARTS) is 1. The molecular formula is C17H29NO2. The molecule has 0 aromatic heterocycles. The number of carbonyl (C=O) groups is 1. The minimum absolute atomic E-state index is 0.201. The Morgan fingerprint density at radius 1 is 1.10 bits per heavy atom. The van der Waals surface area contributed by atoms with Crippen molar-refractivity contribution in [2.24, 2.45) is 17.8 Å². The fourth-order valence-corrected chi connectivity index (χ4v) is 4.86. The van der Waals surface area contributed by atoms with Crippen molar-refractivity contribution in [1.82, 2.24) is 4.90 Å². The molecule has 0 amide bonds. The number of carboxylic acids is 1. The molecule has 20 heavy (non-hydrogen) atoms. The molecule has 1 heterocycles. The van der Waals surface area contributed by atoms with Gasteiger partial charge in [0, 0.05) is 12.1 Å². The van der Waals surface area contributed by atoms with E-state index < -0.39 is 5.97 Å². The van der Waals surface area contributed by atoms with Gasteiger partial charge in [-0.05, 0) is 56.3 Å². The quantitative estimate of drug-likeness (QED) is 0.859. The largest absolute Gasteiger partial charge is 0.480 e. The molecule has 3 nitrogen and oxygen atoms in total. The monoisotopic (exact) mass is 279 g/mol. The van der Waals surface area contributed by atoms with Gasteiger partial charge in [-0.25, -0.2) is 0 Å². The Kier molecular flexibility index (Phi) is 4.07. The van der Waals surface area contributed by atoms with Gasteiger partial charge in [-0.15, -0.1) is 0 Å². The number of hydrogen-bond acceptors (Lipinski definition) is 2. The second kappa shape index (κ2) is 5.67. The molecule has 3 rings (SSSR count). The Hall–Kier alpha value is -0.570. The van der Waals surface area contributed by atoms with Gasteiger partial charge in [0.2, 0.25) is 0 Å². The first-order chi connectivity index (χ1) is 9.58. The zero-order chi connectivity index (χ0) is 14.3. The van der Waals surface area contributed by atoms with E-state index in [1.54, 1.807) is 0 Å². The number of rotatable bonds is 3. The molecule has 3 unspecified atom stereocenters. The number of piperidine rings is 1. The lowest BCUT2D eigenvalue weighted by Gasteiger charge is -2.55. The van der Waals surface area contributed by atoms with Crippen LogP contribution >= 0.6 is 0 Å². The van der Waals surface area contributed by atoms with E-state index in [1.807, 2.05) is 0 Å². The third-order valence-electron chi connectivity index (χ3n) is 6.22. The zero-order valence-corrected chi connectivity index (χ0v) is 12.9. The summed E-state index contributed by atoms with van der Waals surface area (Å²) in [6.07, 6.45) is 9.68. The lowest BCUT2D eigenvalue weighted by molar-refractivity contribution is -0.154. The molecule has 3 aliphatic rings. The molecule has 0 spiro atoms. The topological polar surface area (TPSA) is 40.5 Å². The van der Waals surface area contributed by atoms with E-state index in [4.69, 9.17) is 0 Å². The molecule has 1 saturated heterocycles.